The lowest BCUT2D eigenvalue weighted by Crippen LogP contribution is -2.24. The molecule has 0 bridgehead atoms. The molecule has 1 aliphatic rings. The maximum atomic E-state index is 13.5. The van der Waals surface area contributed by atoms with E-state index in [1.165, 1.54) is 0 Å². The maximum absolute atomic E-state index is 13.5. The monoisotopic (exact) mass is 620 g/mol. The Morgan fingerprint density at radius 3 is 1.95 bits per heavy atom. The first-order chi connectivity index (χ1) is 19.4. The van der Waals surface area contributed by atoms with E-state index in [2.05, 4.69) is 20.7 Å². The van der Waals surface area contributed by atoms with Crippen LogP contribution in [0.1, 0.15) is 67.3 Å². The van der Waals surface area contributed by atoms with E-state index >= 15 is 0 Å². The van der Waals surface area contributed by atoms with Crippen LogP contribution < -0.4 is 10.3 Å². The predicted molar refractivity (Wildman–Crippen MR) is 163 cm³/mol. The van der Waals surface area contributed by atoms with E-state index in [-0.39, 0.29) is 16.2 Å². The van der Waals surface area contributed by atoms with Crippen molar-refractivity contribution in [3.05, 3.63) is 98.7 Å². The number of aromatic nitrogens is 1. The van der Waals surface area contributed by atoms with Gasteiger partial charge in [0.1, 0.15) is 0 Å². The Balaban J connectivity index is 1.08. The van der Waals surface area contributed by atoms with Crippen molar-refractivity contribution in [2.75, 3.05) is 6.54 Å². The molecule has 0 radical (unpaired) electrons. The zero-order valence-electron chi connectivity index (χ0n) is 22.4. The number of pyridine rings is 1. The lowest BCUT2D eigenvalue weighted by atomic mass is 10.0. The number of fused-ring (bicyclic) bond motifs is 5. The summed E-state index contributed by atoms with van der Waals surface area (Å²) < 4.78 is 30.0. The van der Waals surface area contributed by atoms with Crippen LogP contribution in [0.3, 0.4) is 0 Å². The van der Waals surface area contributed by atoms with Crippen LogP contribution >= 0.6 is 15.9 Å². The minimum atomic E-state index is -3.46. The van der Waals surface area contributed by atoms with Crippen molar-refractivity contribution in [2.24, 2.45) is 0 Å². The van der Waals surface area contributed by atoms with Gasteiger partial charge in [0.05, 0.1) is 16.2 Å². The number of halogens is 1. The number of ketones is 1. The van der Waals surface area contributed by atoms with E-state index < -0.39 is 10.0 Å². The second kappa shape index (κ2) is 12.6. The first kappa shape index (κ1) is 28.5. The molecule has 1 N–H and O–H groups in total. The molecule has 1 heterocycles. The van der Waals surface area contributed by atoms with E-state index in [1.54, 1.807) is 24.3 Å². The number of sulfonamides is 1. The summed E-state index contributed by atoms with van der Waals surface area (Å²) in [6.45, 7) is 1.03. The van der Waals surface area contributed by atoms with Crippen LogP contribution in [0.2, 0.25) is 0 Å². The highest BCUT2D eigenvalue weighted by atomic mass is 79.9. The van der Waals surface area contributed by atoms with Gasteiger partial charge in [-0.2, -0.15) is 0 Å². The Labute approximate surface area is 243 Å². The number of rotatable bonds is 13. The van der Waals surface area contributed by atoms with Gasteiger partial charge in [0.2, 0.25) is 10.0 Å². The van der Waals surface area contributed by atoms with Crippen LogP contribution in [0.15, 0.2) is 87.0 Å². The van der Waals surface area contributed by atoms with E-state index in [0.29, 0.717) is 29.6 Å². The summed E-state index contributed by atoms with van der Waals surface area (Å²) in [5.74, 6) is -0.00309. The summed E-state index contributed by atoms with van der Waals surface area (Å²) in [6.07, 6.45) is 8.03. The van der Waals surface area contributed by atoms with Crippen molar-refractivity contribution in [2.45, 2.75) is 62.8 Å². The maximum Gasteiger partial charge on any atom is 0.258 e. The lowest BCUT2D eigenvalue weighted by molar-refractivity contribution is 0.104. The van der Waals surface area contributed by atoms with E-state index in [9.17, 15) is 18.0 Å². The van der Waals surface area contributed by atoms with Crippen molar-refractivity contribution < 1.29 is 13.2 Å². The predicted octanol–water partition coefficient (Wildman–Crippen LogP) is 7.07. The number of benzene rings is 3. The first-order valence-corrected chi connectivity index (χ1v) is 16.2. The third-order valence-corrected chi connectivity index (χ3v) is 9.56. The fourth-order valence-corrected chi connectivity index (χ4v) is 6.84. The number of nitrogens with zero attached hydrogens (tertiary/aromatic N) is 1. The summed E-state index contributed by atoms with van der Waals surface area (Å²) in [7, 11) is -3.46. The standard InChI is InChI=1S/C32H33BrN2O4S/c33-23-17-19-24(20-18-23)40(38,39)34-21-11-5-3-1-2-4-6-12-22-35-30-26-14-8-9-15-27(26)31(36)29(30)25-13-7-10-16-28(25)32(35)37/h7-10,13-20,34H,1-6,11-12,21-22H2. The quantitative estimate of drug-likeness (QED) is 0.143. The van der Waals surface area contributed by atoms with Gasteiger partial charge in [-0.05, 0) is 43.2 Å². The molecule has 3 aromatic carbocycles. The molecule has 0 spiro atoms. The molecule has 5 rings (SSSR count). The summed E-state index contributed by atoms with van der Waals surface area (Å²) >= 11 is 3.32. The van der Waals surface area contributed by atoms with E-state index in [1.807, 2.05) is 53.1 Å². The summed E-state index contributed by atoms with van der Waals surface area (Å²) in [4.78, 5) is 27.0. The van der Waals surface area contributed by atoms with Crippen LogP contribution in [-0.4, -0.2) is 25.3 Å². The average Bonchev–Trinajstić information content (AvgIpc) is 3.26. The first-order valence-electron chi connectivity index (χ1n) is 13.9. The smallest absolute Gasteiger partial charge is 0.258 e. The minimum Gasteiger partial charge on any atom is -0.307 e. The van der Waals surface area contributed by atoms with Crippen LogP contribution in [0.25, 0.3) is 22.0 Å². The van der Waals surface area contributed by atoms with Gasteiger partial charge < -0.3 is 4.57 Å². The van der Waals surface area contributed by atoms with Gasteiger partial charge in [-0.25, -0.2) is 13.1 Å². The van der Waals surface area contributed by atoms with Gasteiger partial charge in [0.15, 0.2) is 5.78 Å². The normalized spacial score (nSPS) is 12.6. The molecule has 0 saturated carbocycles. The van der Waals surface area contributed by atoms with Crippen molar-refractivity contribution in [3.63, 3.8) is 0 Å². The largest absolute Gasteiger partial charge is 0.307 e. The molecule has 0 amide bonds. The molecular formula is C32H33BrN2O4S. The van der Waals surface area contributed by atoms with Crippen molar-refractivity contribution in [1.82, 2.24) is 9.29 Å². The lowest BCUT2D eigenvalue weighted by Gasteiger charge is -2.15. The Morgan fingerprint density at radius 2 is 1.25 bits per heavy atom. The highest BCUT2D eigenvalue weighted by molar-refractivity contribution is 9.10. The number of nitrogens with one attached hydrogen (secondary N) is 1. The van der Waals surface area contributed by atoms with Crippen molar-refractivity contribution in [3.8, 4) is 11.3 Å². The fourth-order valence-electron chi connectivity index (χ4n) is 5.50. The molecule has 0 unspecified atom stereocenters. The van der Waals surface area contributed by atoms with Crippen molar-refractivity contribution >= 4 is 42.5 Å². The van der Waals surface area contributed by atoms with Gasteiger partial charge in [-0.3, -0.25) is 9.59 Å². The highest BCUT2D eigenvalue weighted by Crippen LogP contribution is 2.39. The average molecular weight is 622 g/mol. The molecule has 0 saturated heterocycles. The Morgan fingerprint density at radius 1 is 0.675 bits per heavy atom. The zero-order chi connectivity index (χ0) is 28.1. The molecule has 8 heteroatoms. The molecule has 208 valence electrons. The Hall–Kier alpha value is -3.07. The van der Waals surface area contributed by atoms with Gasteiger partial charge in [0, 0.05) is 39.5 Å². The highest BCUT2D eigenvalue weighted by Gasteiger charge is 2.32. The third-order valence-electron chi connectivity index (χ3n) is 7.56. The minimum absolute atomic E-state index is 0.00309. The fraction of sp³-hybridized carbons (Fsp3) is 0.312. The molecule has 0 atom stereocenters. The van der Waals surface area contributed by atoms with Crippen LogP contribution in [-0.2, 0) is 16.6 Å². The SMILES string of the molecule is O=C1c2ccccc2-c2c1c1ccccc1c(=O)n2CCCCCCCCCCNS(=O)(=O)c1ccc(Br)cc1. The van der Waals surface area contributed by atoms with Crippen LogP contribution in [0.4, 0.5) is 0 Å². The van der Waals surface area contributed by atoms with Gasteiger partial charge in [-0.1, -0.05) is 96.9 Å². The van der Waals surface area contributed by atoms with E-state index in [4.69, 9.17) is 0 Å². The summed E-state index contributed by atoms with van der Waals surface area (Å²) in [5, 5.41) is 1.34. The van der Waals surface area contributed by atoms with Crippen LogP contribution in [0, 0.1) is 0 Å². The Kier molecular flexibility index (Phi) is 8.98. The zero-order valence-corrected chi connectivity index (χ0v) is 24.8. The molecule has 6 nitrogen and oxygen atoms in total. The second-order valence-electron chi connectivity index (χ2n) is 10.3. The number of hydrogen-bond donors (Lipinski definition) is 1. The van der Waals surface area contributed by atoms with Gasteiger partial charge >= 0.3 is 0 Å². The number of carbonyl (C=O) groups is 1. The number of hydrogen-bond acceptors (Lipinski definition) is 4. The number of unbranched alkanes of at least 4 members (excludes halogenated alkanes) is 7. The molecule has 0 fully saturated rings. The molecule has 1 aromatic heterocycles. The number of carbonyl (C=O) groups excluding carboxylic acids is 1. The molecule has 1 aliphatic carbocycles. The Bertz CT molecular complexity index is 1690. The summed E-state index contributed by atoms with van der Waals surface area (Å²) in [6, 6.07) is 21.6. The second-order valence-corrected chi connectivity index (χ2v) is 13.0. The molecule has 0 aliphatic heterocycles. The summed E-state index contributed by atoms with van der Waals surface area (Å²) in [5.41, 5.74) is 2.90. The third kappa shape index (κ3) is 5.99. The van der Waals surface area contributed by atoms with Crippen molar-refractivity contribution in [1.29, 1.82) is 0 Å². The van der Waals surface area contributed by atoms with E-state index in [0.717, 1.165) is 72.5 Å². The topological polar surface area (TPSA) is 85.2 Å². The molecule has 4 aromatic rings. The van der Waals surface area contributed by atoms with Crippen LogP contribution in [0.5, 0.6) is 0 Å². The van der Waals surface area contributed by atoms with Gasteiger partial charge in [-0.15, -0.1) is 0 Å². The molecular weight excluding hydrogens is 588 g/mol. The molecule has 40 heavy (non-hydrogen) atoms. The van der Waals surface area contributed by atoms with Gasteiger partial charge in [0.25, 0.3) is 5.56 Å².